The normalized spacial score (nSPS) is 21.2. The van der Waals surface area contributed by atoms with Crippen molar-refractivity contribution in [1.29, 1.82) is 0 Å². The molecule has 2 aliphatic carbocycles. The monoisotopic (exact) mass is 754 g/mol. The van der Waals surface area contributed by atoms with E-state index in [1.165, 1.54) is 0 Å². The average Bonchev–Trinajstić information content (AvgIpc) is 3.16. The van der Waals surface area contributed by atoms with Gasteiger partial charge in [-0.15, -0.1) is 0 Å². The number of phenols is 4. The van der Waals surface area contributed by atoms with Crippen molar-refractivity contribution < 1.29 is 20.4 Å². The summed E-state index contributed by atoms with van der Waals surface area (Å²) in [5.41, 5.74) is 4.95. The topological polar surface area (TPSA) is 130 Å². The van der Waals surface area contributed by atoms with Crippen LogP contribution in [-0.4, -0.2) is 69.5 Å². The minimum Gasteiger partial charge on any atom is -0.507 e. The van der Waals surface area contributed by atoms with Gasteiger partial charge < -0.3 is 20.4 Å². The molecule has 0 aliphatic heterocycles. The summed E-state index contributed by atoms with van der Waals surface area (Å²) in [6.45, 7) is 12.5. The quantitative estimate of drug-likeness (QED) is 0.127. The van der Waals surface area contributed by atoms with Crippen LogP contribution in [0.3, 0.4) is 0 Å². The summed E-state index contributed by atoms with van der Waals surface area (Å²) in [4.78, 5) is 19.7. The van der Waals surface area contributed by atoms with Gasteiger partial charge >= 0.3 is 0 Å². The molecule has 6 rings (SSSR count). The van der Waals surface area contributed by atoms with Crippen LogP contribution in [0, 0.1) is 0 Å². The highest BCUT2D eigenvalue weighted by molar-refractivity contribution is 5.93. The zero-order valence-corrected chi connectivity index (χ0v) is 33.8. The van der Waals surface area contributed by atoms with Crippen molar-refractivity contribution >= 4 is 24.9 Å². The van der Waals surface area contributed by atoms with Crippen LogP contribution in [0.4, 0.5) is 0 Å². The van der Waals surface area contributed by atoms with Crippen LogP contribution in [-0.2, 0) is 10.8 Å². The third-order valence-electron chi connectivity index (χ3n) is 11.2. The van der Waals surface area contributed by atoms with Crippen LogP contribution in [0.2, 0.25) is 0 Å². The molecule has 4 N–H and O–H groups in total. The Labute approximate surface area is 332 Å². The second-order valence-electron chi connectivity index (χ2n) is 17.4. The number of aliphatic imine (C=N–C) groups is 4. The number of rotatable bonds is 9. The highest BCUT2D eigenvalue weighted by atomic mass is 16.3. The summed E-state index contributed by atoms with van der Waals surface area (Å²) in [6, 6.07) is 22.4. The molecule has 4 aromatic carbocycles. The van der Waals surface area contributed by atoms with Crippen molar-refractivity contribution in [2.24, 2.45) is 20.0 Å². The molecule has 2 fully saturated rings. The van der Waals surface area contributed by atoms with E-state index in [1.54, 1.807) is 37.0 Å². The van der Waals surface area contributed by atoms with Gasteiger partial charge in [0.1, 0.15) is 23.0 Å². The van der Waals surface area contributed by atoms with Crippen molar-refractivity contribution in [2.75, 3.05) is 0 Å². The number of aromatic hydroxyl groups is 4. The first-order valence-corrected chi connectivity index (χ1v) is 20.1. The molecule has 0 bridgehead atoms. The molecule has 2 saturated carbocycles. The lowest BCUT2D eigenvalue weighted by molar-refractivity contribution is 0.390. The molecular formula is C48H58N4O4. The molecule has 0 amide bonds. The van der Waals surface area contributed by atoms with E-state index in [1.807, 2.05) is 60.7 Å². The van der Waals surface area contributed by atoms with Gasteiger partial charge in [-0.1, -0.05) is 116 Å². The fraction of sp³-hybridized carbons (Fsp3) is 0.417. The number of phenolic OH excluding ortho intramolecular Hbond substituents is 4. The van der Waals surface area contributed by atoms with Crippen LogP contribution in [0.1, 0.15) is 126 Å². The largest absolute Gasteiger partial charge is 0.507 e. The highest BCUT2D eigenvalue weighted by Gasteiger charge is 2.26. The molecule has 0 unspecified atom stereocenters. The van der Waals surface area contributed by atoms with E-state index in [9.17, 15) is 20.4 Å². The lowest BCUT2D eigenvalue weighted by Gasteiger charge is -2.26. The maximum Gasteiger partial charge on any atom is 0.132 e. The molecule has 294 valence electrons. The van der Waals surface area contributed by atoms with Crippen LogP contribution in [0.5, 0.6) is 23.0 Å². The van der Waals surface area contributed by atoms with Crippen molar-refractivity contribution in [2.45, 2.75) is 128 Å². The van der Waals surface area contributed by atoms with Crippen molar-refractivity contribution in [3.05, 3.63) is 106 Å². The summed E-state index contributed by atoms with van der Waals surface area (Å²) in [6.07, 6.45) is 14.8. The van der Waals surface area contributed by atoms with Gasteiger partial charge in [0, 0.05) is 58.2 Å². The van der Waals surface area contributed by atoms with Gasteiger partial charge in [-0.25, -0.2) is 0 Å². The van der Waals surface area contributed by atoms with Crippen LogP contribution in [0.25, 0.3) is 11.1 Å². The number of nitrogens with zero attached hydrogens (tertiary/aromatic N) is 4. The standard InChI is InChI=1S/C48H58N4O4/c1-47(2,3)37-21-13-17-33(45(37)55)29-51-41-25-9-7-23-39(41)49-27-31-15-11-19-35(43(31)53)36-20-12-16-32(44(36)54)28-50-40-24-8-10-26-42(40)52-30-34-18-14-22-38(46(34)56)48(4,5)6/h11-22,27-30,39-42,53-56H,7-10,23-26H2,1-6H3/t39-,40-,41-,42-/m0/s1. The first kappa shape index (κ1) is 40.4. The van der Waals surface area contributed by atoms with E-state index in [4.69, 9.17) is 20.0 Å². The van der Waals surface area contributed by atoms with Gasteiger partial charge in [-0.3, -0.25) is 20.0 Å². The second kappa shape index (κ2) is 17.3. The highest BCUT2D eigenvalue weighted by Crippen LogP contribution is 2.39. The van der Waals surface area contributed by atoms with E-state index >= 15 is 0 Å². The number of benzene rings is 4. The second-order valence-corrected chi connectivity index (χ2v) is 17.4. The smallest absolute Gasteiger partial charge is 0.132 e. The minimum atomic E-state index is -0.185. The fourth-order valence-electron chi connectivity index (χ4n) is 7.89. The predicted molar refractivity (Wildman–Crippen MR) is 231 cm³/mol. The molecule has 8 nitrogen and oxygen atoms in total. The van der Waals surface area contributed by atoms with Gasteiger partial charge in [0.15, 0.2) is 0 Å². The maximum atomic E-state index is 11.5. The lowest BCUT2D eigenvalue weighted by atomic mass is 9.85. The summed E-state index contributed by atoms with van der Waals surface area (Å²) < 4.78 is 0. The molecule has 0 heterocycles. The first-order valence-electron chi connectivity index (χ1n) is 20.1. The molecule has 8 heteroatoms. The average molecular weight is 755 g/mol. The molecule has 56 heavy (non-hydrogen) atoms. The van der Waals surface area contributed by atoms with E-state index in [2.05, 4.69) is 41.5 Å². The third kappa shape index (κ3) is 9.40. The minimum absolute atomic E-state index is 0.0377. The van der Waals surface area contributed by atoms with Gasteiger partial charge in [-0.05, 0) is 71.9 Å². The molecule has 0 radical (unpaired) electrons. The summed E-state index contributed by atoms with van der Waals surface area (Å²) >= 11 is 0. The van der Waals surface area contributed by atoms with Gasteiger partial charge in [-0.2, -0.15) is 0 Å². The summed E-state index contributed by atoms with van der Waals surface area (Å²) in [5.74, 6) is 0.618. The van der Waals surface area contributed by atoms with Crippen LogP contribution < -0.4 is 0 Å². The summed E-state index contributed by atoms with van der Waals surface area (Å²) in [5, 5.41) is 44.9. The van der Waals surface area contributed by atoms with Crippen LogP contribution >= 0.6 is 0 Å². The number of hydrogen-bond acceptors (Lipinski definition) is 8. The van der Waals surface area contributed by atoms with Crippen molar-refractivity contribution in [1.82, 2.24) is 0 Å². The molecule has 0 spiro atoms. The Kier molecular flexibility index (Phi) is 12.5. The molecule has 0 saturated heterocycles. The van der Waals surface area contributed by atoms with Gasteiger partial charge in [0.2, 0.25) is 0 Å². The number of hydrogen-bond donors (Lipinski definition) is 4. The molecule has 0 aromatic heterocycles. The Hall–Kier alpha value is -5.24. The van der Waals surface area contributed by atoms with E-state index in [0.29, 0.717) is 33.4 Å². The van der Waals surface area contributed by atoms with Crippen molar-refractivity contribution in [3.63, 3.8) is 0 Å². The maximum absolute atomic E-state index is 11.5. The Balaban J connectivity index is 1.19. The van der Waals surface area contributed by atoms with E-state index < -0.39 is 0 Å². The lowest BCUT2D eigenvalue weighted by Crippen LogP contribution is -2.27. The Bertz CT molecular complexity index is 1970. The van der Waals surface area contributed by atoms with Crippen molar-refractivity contribution in [3.8, 4) is 34.1 Å². The Morgan fingerprint density at radius 3 is 0.964 bits per heavy atom. The van der Waals surface area contributed by atoms with Gasteiger partial charge in [0.25, 0.3) is 0 Å². The van der Waals surface area contributed by atoms with Gasteiger partial charge in [0.05, 0.1) is 24.2 Å². The SMILES string of the molecule is CC(C)(C)c1cccc(C=N[C@H]2CCCC[C@@H]2N=Cc2cccc(-c3cccc(C=N[C@H]4CCCC[C@@H]4N=Cc4cccc(C(C)(C)C)c4O)c3O)c2O)c1O. The third-order valence-corrected chi connectivity index (χ3v) is 11.2. The summed E-state index contributed by atoms with van der Waals surface area (Å²) in [7, 11) is 0. The molecular weight excluding hydrogens is 697 g/mol. The first-order chi connectivity index (χ1) is 26.7. The zero-order chi connectivity index (χ0) is 40.0. The Morgan fingerprint density at radius 1 is 0.411 bits per heavy atom. The predicted octanol–water partition coefficient (Wildman–Crippen LogP) is 10.5. The zero-order valence-electron chi connectivity index (χ0n) is 33.8. The van der Waals surface area contributed by atoms with Crippen LogP contribution in [0.15, 0.2) is 92.8 Å². The molecule has 4 atom stereocenters. The van der Waals surface area contributed by atoms with E-state index in [0.717, 1.165) is 62.5 Å². The Morgan fingerprint density at radius 2 is 0.679 bits per heavy atom. The fourth-order valence-corrected chi connectivity index (χ4v) is 7.89. The number of para-hydroxylation sites is 4. The van der Waals surface area contributed by atoms with E-state index in [-0.39, 0.29) is 58.0 Å². The molecule has 2 aliphatic rings. The molecule has 4 aromatic rings.